The average Bonchev–Trinajstić information content (AvgIpc) is 3.11. The number of nitrogens with zero attached hydrogens (tertiary/aromatic N) is 1. The molecule has 14 heteroatoms. The number of cyclic esters (lactones) is 1. The van der Waals surface area contributed by atoms with Gasteiger partial charge in [0.2, 0.25) is 0 Å². The summed E-state index contributed by atoms with van der Waals surface area (Å²) in [6.45, 7) is 22.7. The number of carbonyl (C=O) groups is 1. The van der Waals surface area contributed by atoms with Crippen molar-refractivity contribution < 1.29 is 58.4 Å². The minimum Gasteiger partial charge on any atom is -0.459 e. The number of aliphatic hydroxyl groups excluding tert-OH is 3. The molecular formula is C40H74N2O12. The lowest BCUT2D eigenvalue weighted by atomic mass is 9.77. The van der Waals surface area contributed by atoms with Crippen molar-refractivity contribution in [2.45, 2.75) is 185 Å². The van der Waals surface area contributed by atoms with Gasteiger partial charge in [-0.05, 0) is 94.3 Å². The molecule has 5 N–H and O–H groups in total. The Kier molecular flexibility index (Phi) is 17.0. The molecule has 3 aliphatic rings. The lowest BCUT2D eigenvalue weighted by molar-refractivity contribution is -0.320. The fourth-order valence-corrected chi connectivity index (χ4v) is 8.73. The first-order valence-electron chi connectivity index (χ1n) is 19.8. The summed E-state index contributed by atoms with van der Waals surface area (Å²) >= 11 is 0. The van der Waals surface area contributed by atoms with Crippen LogP contribution >= 0.6 is 0 Å². The number of carbonyl (C=O) groups excluding carboxylic acids is 1. The van der Waals surface area contributed by atoms with E-state index in [1.807, 2.05) is 39.8 Å². The van der Waals surface area contributed by atoms with Crippen molar-refractivity contribution in [1.29, 1.82) is 0 Å². The van der Waals surface area contributed by atoms with E-state index in [9.17, 15) is 25.2 Å². The number of aliphatic hydroxyl groups is 4. The van der Waals surface area contributed by atoms with Gasteiger partial charge in [0.1, 0.15) is 30.0 Å². The zero-order valence-corrected chi connectivity index (χ0v) is 35.2. The summed E-state index contributed by atoms with van der Waals surface area (Å²) in [5.74, 6) is -2.34. The smallest absolute Gasteiger partial charge is 0.311 e. The lowest BCUT2D eigenvalue weighted by Gasteiger charge is -2.49. The fourth-order valence-electron chi connectivity index (χ4n) is 8.73. The predicted octanol–water partition coefficient (Wildman–Crippen LogP) is 2.77. The van der Waals surface area contributed by atoms with E-state index in [0.29, 0.717) is 19.4 Å². The van der Waals surface area contributed by atoms with Crippen LogP contribution in [0, 0.1) is 17.8 Å². The van der Waals surface area contributed by atoms with Gasteiger partial charge in [0.05, 0.1) is 48.1 Å². The molecule has 3 fully saturated rings. The van der Waals surface area contributed by atoms with Gasteiger partial charge in [0, 0.05) is 31.5 Å². The molecule has 0 aromatic carbocycles. The number of methoxy groups -OCH3 is 1. The van der Waals surface area contributed by atoms with Crippen molar-refractivity contribution in [3.8, 4) is 0 Å². The van der Waals surface area contributed by atoms with Gasteiger partial charge in [-0.1, -0.05) is 26.8 Å². The van der Waals surface area contributed by atoms with E-state index in [2.05, 4.69) is 18.8 Å². The monoisotopic (exact) mass is 775 g/mol. The molecule has 3 aliphatic heterocycles. The summed E-state index contributed by atoms with van der Waals surface area (Å²) in [6.07, 6.45) is -5.85. The van der Waals surface area contributed by atoms with Gasteiger partial charge in [0.25, 0.3) is 0 Å². The molecule has 18 atom stereocenters. The molecule has 0 radical (unpaired) electrons. The van der Waals surface area contributed by atoms with Gasteiger partial charge in [0.15, 0.2) is 12.6 Å². The number of esters is 1. The molecule has 0 aromatic heterocycles. The number of nitrogens with one attached hydrogen (secondary N) is 1. The Bertz CT molecular complexity index is 1190. The maximum atomic E-state index is 14.3. The van der Waals surface area contributed by atoms with Crippen molar-refractivity contribution in [3.05, 3.63) is 12.7 Å². The van der Waals surface area contributed by atoms with Crippen molar-refractivity contribution in [1.82, 2.24) is 10.2 Å². The molecule has 0 aliphatic carbocycles. The van der Waals surface area contributed by atoms with E-state index >= 15 is 0 Å². The van der Waals surface area contributed by atoms with E-state index in [0.717, 1.165) is 0 Å². The molecule has 0 saturated carbocycles. The number of hydrogen-bond donors (Lipinski definition) is 5. The van der Waals surface area contributed by atoms with Crippen molar-refractivity contribution in [3.63, 3.8) is 0 Å². The normalized spacial score (nSPS) is 47.7. The van der Waals surface area contributed by atoms with Gasteiger partial charge in [-0.25, -0.2) is 0 Å². The molecule has 3 rings (SSSR count). The van der Waals surface area contributed by atoms with Gasteiger partial charge >= 0.3 is 5.97 Å². The van der Waals surface area contributed by atoms with Gasteiger partial charge in [-0.3, -0.25) is 4.79 Å². The molecule has 54 heavy (non-hydrogen) atoms. The minimum absolute atomic E-state index is 0.0587. The first-order valence-corrected chi connectivity index (χ1v) is 19.8. The molecule has 3 heterocycles. The third-order valence-electron chi connectivity index (χ3n) is 12.2. The number of hydrogen-bond acceptors (Lipinski definition) is 14. The zero-order valence-electron chi connectivity index (χ0n) is 35.2. The Labute approximate surface area is 324 Å². The van der Waals surface area contributed by atoms with Crippen LogP contribution in [0.25, 0.3) is 0 Å². The summed E-state index contributed by atoms with van der Waals surface area (Å²) in [5, 5.41) is 49.2. The Morgan fingerprint density at radius 1 is 0.981 bits per heavy atom. The molecular weight excluding hydrogens is 700 g/mol. The van der Waals surface area contributed by atoms with Gasteiger partial charge in [-0.15, -0.1) is 6.58 Å². The van der Waals surface area contributed by atoms with E-state index in [1.54, 1.807) is 40.7 Å². The van der Waals surface area contributed by atoms with E-state index in [4.69, 9.17) is 33.2 Å². The Morgan fingerprint density at radius 3 is 2.20 bits per heavy atom. The quantitative estimate of drug-likeness (QED) is 0.162. The van der Waals surface area contributed by atoms with Crippen LogP contribution in [0.5, 0.6) is 0 Å². The standard InChI is InChI=1S/C40H74N2O12/c1-15-17-49-39(10)19-22(3)21-41-26(7)33(44)40(11,47)29(16-2)52-36(46)25(6)32(53-30-20-38(9,48-14)34(45)27(8)51-30)24(5)35(39)54-37-31(43)28(42(12)13)18-23(4)50-37/h15,22-35,37,41,43-45,47H,1,16-21H2,2-14H3/t22-,23-,24+,25-,26-,27+,28+,29-,30+,31-,32+,33-,34+,35-,37+,38-,39-,40-/m1/s1. The van der Waals surface area contributed by atoms with Crippen LogP contribution in [0.2, 0.25) is 0 Å². The number of ether oxygens (including phenoxy) is 7. The number of likely N-dealkylation sites (N-methyl/N-ethyl adjacent to an activating group) is 1. The summed E-state index contributed by atoms with van der Waals surface area (Å²) < 4.78 is 44.8. The Balaban J connectivity index is 2.24. The molecule has 14 nitrogen and oxygen atoms in total. The predicted molar refractivity (Wildman–Crippen MR) is 203 cm³/mol. The third-order valence-corrected chi connectivity index (χ3v) is 12.2. The highest BCUT2D eigenvalue weighted by atomic mass is 16.7. The van der Waals surface area contributed by atoms with E-state index < -0.39 is 96.0 Å². The van der Waals surface area contributed by atoms with Crippen LogP contribution in [-0.2, 0) is 38.0 Å². The van der Waals surface area contributed by atoms with Crippen molar-refractivity contribution in [2.75, 3.05) is 34.4 Å². The zero-order chi connectivity index (χ0) is 40.9. The van der Waals surface area contributed by atoms with Crippen LogP contribution in [-0.4, -0.2) is 156 Å². The molecule has 0 unspecified atom stereocenters. The van der Waals surface area contributed by atoms with Crippen LogP contribution in [0.15, 0.2) is 12.7 Å². The maximum absolute atomic E-state index is 14.3. The SMILES string of the molecule is C=CCO[C@]1(C)C[C@@H](C)CN[C@H](C)[C@@H](O)[C@](C)(O)[C@@H](CC)OC(=O)[C@H](C)[C@@H](O[C@H]2C[C@@](C)(OC)[C@@H](O)[C@H](C)O2)[C@H](C)[C@H]1O[C@@H]1O[C@H](C)C[C@H](N(C)C)[C@H]1O. The largest absolute Gasteiger partial charge is 0.459 e. The highest BCUT2D eigenvalue weighted by Gasteiger charge is 2.53. The first-order chi connectivity index (χ1) is 25.1. The second-order valence-corrected chi connectivity index (χ2v) is 17.2. The van der Waals surface area contributed by atoms with Crippen LogP contribution in [0.4, 0.5) is 0 Å². The average molecular weight is 775 g/mol. The Morgan fingerprint density at radius 2 is 1.63 bits per heavy atom. The molecule has 0 amide bonds. The first kappa shape index (κ1) is 47.1. The third kappa shape index (κ3) is 10.8. The number of rotatable bonds is 10. The van der Waals surface area contributed by atoms with Crippen LogP contribution < -0.4 is 5.32 Å². The topological polar surface area (TPSA) is 178 Å². The summed E-state index contributed by atoms with van der Waals surface area (Å²) in [5.41, 5.74) is -3.87. The van der Waals surface area contributed by atoms with E-state index in [1.165, 1.54) is 14.0 Å². The minimum atomic E-state index is -1.79. The summed E-state index contributed by atoms with van der Waals surface area (Å²) in [6, 6.07) is -0.811. The van der Waals surface area contributed by atoms with Crippen molar-refractivity contribution in [2.24, 2.45) is 17.8 Å². The van der Waals surface area contributed by atoms with Gasteiger partial charge < -0.3 is 63.8 Å². The van der Waals surface area contributed by atoms with Crippen LogP contribution in [0.1, 0.15) is 94.9 Å². The second-order valence-electron chi connectivity index (χ2n) is 17.2. The Hall–Kier alpha value is -1.27. The highest BCUT2D eigenvalue weighted by Crippen LogP contribution is 2.41. The fraction of sp³-hybridized carbons (Fsp3) is 0.925. The van der Waals surface area contributed by atoms with E-state index in [-0.39, 0.29) is 37.5 Å². The van der Waals surface area contributed by atoms with Gasteiger partial charge in [-0.2, -0.15) is 0 Å². The highest BCUT2D eigenvalue weighted by molar-refractivity contribution is 5.73. The molecule has 0 bridgehead atoms. The molecule has 316 valence electrons. The summed E-state index contributed by atoms with van der Waals surface area (Å²) in [4.78, 5) is 16.3. The molecule has 3 saturated heterocycles. The second kappa shape index (κ2) is 19.5. The lowest BCUT2D eigenvalue weighted by Crippen LogP contribution is -2.61. The molecule has 0 spiro atoms. The van der Waals surface area contributed by atoms with Crippen molar-refractivity contribution >= 4 is 5.97 Å². The molecule has 0 aromatic rings. The maximum Gasteiger partial charge on any atom is 0.311 e. The van der Waals surface area contributed by atoms with Crippen LogP contribution in [0.3, 0.4) is 0 Å². The summed E-state index contributed by atoms with van der Waals surface area (Å²) in [7, 11) is 5.35.